The molecule has 0 saturated carbocycles. The minimum Gasteiger partial charge on any atom is -0.353 e. The van der Waals surface area contributed by atoms with E-state index >= 15 is 0 Å². The van der Waals surface area contributed by atoms with Gasteiger partial charge in [-0.15, -0.1) is 0 Å². The maximum Gasteiger partial charge on any atom is 0.222 e. The van der Waals surface area contributed by atoms with Crippen LogP contribution in [0.2, 0.25) is 0 Å². The van der Waals surface area contributed by atoms with Crippen LogP contribution in [0.1, 0.15) is 33.6 Å². The molecule has 82 valence electrons. The Kier molecular flexibility index (Phi) is 4.39. The Morgan fingerprint density at radius 2 is 2.07 bits per heavy atom. The predicted molar refractivity (Wildman–Crippen MR) is 58.0 cm³/mol. The molecule has 1 rings (SSSR count). The van der Waals surface area contributed by atoms with E-state index < -0.39 is 0 Å². The Morgan fingerprint density at radius 3 is 2.50 bits per heavy atom. The summed E-state index contributed by atoms with van der Waals surface area (Å²) >= 11 is 0. The van der Waals surface area contributed by atoms with E-state index in [4.69, 9.17) is 0 Å². The van der Waals surface area contributed by atoms with Gasteiger partial charge in [0.2, 0.25) is 5.91 Å². The zero-order valence-electron chi connectivity index (χ0n) is 9.47. The van der Waals surface area contributed by atoms with Gasteiger partial charge < -0.3 is 10.6 Å². The van der Waals surface area contributed by atoms with Gasteiger partial charge in [-0.05, 0) is 38.8 Å². The van der Waals surface area contributed by atoms with Gasteiger partial charge in [0.05, 0.1) is 0 Å². The summed E-state index contributed by atoms with van der Waals surface area (Å²) in [7, 11) is 0. The molecule has 1 fully saturated rings. The maximum atomic E-state index is 11.4. The van der Waals surface area contributed by atoms with Crippen molar-refractivity contribution in [3.05, 3.63) is 0 Å². The summed E-state index contributed by atoms with van der Waals surface area (Å²) in [6, 6.07) is 0.325. The van der Waals surface area contributed by atoms with Crippen molar-refractivity contribution in [2.75, 3.05) is 13.1 Å². The van der Waals surface area contributed by atoms with Gasteiger partial charge in [0.1, 0.15) is 0 Å². The van der Waals surface area contributed by atoms with Gasteiger partial charge >= 0.3 is 0 Å². The smallest absolute Gasteiger partial charge is 0.222 e. The molecule has 2 N–H and O–H groups in total. The molecule has 0 aromatic rings. The van der Waals surface area contributed by atoms with Crippen molar-refractivity contribution in [1.29, 1.82) is 0 Å². The lowest BCUT2D eigenvalue weighted by Gasteiger charge is -2.28. The molecule has 0 aliphatic carbocycles. The zero-order chi connectivity index (χ0) is 10.6. The maximum absolute atomic E-state index is 11.4. The van der Waals surface area contributed by atoms with E-state index in [0.29, 0.717) is 6.04 Å². The quantitative estimate of drug-likeness (QED) is 0.695. The summed E-state index contributed by atoms with van der Waals surface area (Å²) in [5.74, 6) is 1.11. The molecule has 1 aliphatic heterocycles. The third kappa shape index (κ3) is 3.66. The lowest BCUT2D eigenvalue weighted by molar-refractivity contribution is -0.124. The second kappa shape index (κ2) is 5.35. The van der Waals surface area contributed by atoms with Gasteiger partial charge in [-0.1, -0.05) is 13.8 Å². The molecule has 3 heteroatoms. The van der Waals surface area contributed by atoms with Crippen LogP contribution in [0.25, 0.3) is 0 Å². The summed E-state index contributed by atoms with van der Waals surface area (Å²) < 4.78 is 0. The summed E-state index contributed by atoms with van der Waals surface area (Å²) in [6.07, 6.45) is 2.33. The molecule has 0 aromatic heterocycles. The van der Waals surface area contributed by atoms with Gasteiger partial charge in [-0.3, -0.25) is 4.79 Å². The van der Waals surface area contributed by atoms with E-state index in [-0.39, 0.29) is 11.8 Å². The minimum absolute atomic E-state index is 0.0998. The molecule has 0 aromatic carbocycles. The normalized spacial score (nSPS) is 19.1. The Bertz CT molecular complexity index is 188. The SMILES string of the molecule is CC(CCC1CNC1)NC(=O)C(C)C. The molecule has 3 nitrogen and oxygen atoms in total. The van der Waals surface area contributed by atoms with Crippen LogP contribution < -0.4 is 10.6 Å². The second-order valence-electron chi connectivity index (χ2n) is 4.67. The van der Waals surface area contributed by atoms with Crippen molar-refractivity contribution < 1.29 is 4.79 Å². The number of amides is 1. The second-order valence-corrected chi connectivity index (χ2v) is 4.67. The summed E-state index contributed by atoms with van der Waals surface area (Å²) in [5, 5.41) is 6.28. The monoisotopic (exact) mass is 198 g/mol. The third-order valence-corrected chi connectivity index (χ3v) is 2.79. The number of rotatable bonds is 5. The Morgan fingerprint density at radius 1 is 1.43 bits per heavy atom. The van der Waals surface area contributed by atoms with Gasteiger partial charge in [0.25, 0.3) is 0 Å². The molecular weight excluding hydrogens is 176 g/mol. The number of carbonyl (C=O) groups is 1. The van der Waals surface area contributed by atoms with Crippen LogP contribution in [-0.2, 0) is 4.79 Å². The van der Waals surface area contributed by atoms with E-state index in [1.54, 1.807) is 0 Å². The van der Waals surface area contributed by atoms with E-state index in [0.717, 1.165) is 25.4 Å². The van der Waals surface area contributed by atoms with Crippen LogP contribution >= 0.6 is 0 Å². The van der Waals surface area contributed by atoms with Crippen LogP contribution in [0.3, 0.4) is 0 Å². The highest BCUT2D eigenvalue weighted by Crippen LogP contribution is 2.12. The first kappa shape index (κ1) is 11.5. The summed E-state index contributed by atoms with van der Waals surface area (Å²) in [4.78, 5) is 11.4. The van der Waals surface area contributed by atoms with Gasteiger partial charge in [-0.25, -0.2) is 0 Å². The molecule has 0 bridgehead atoms. The number of hydrogen-bond donors (Lipinski definition) is 2. The number of nitrogens with one attached hydrogen (secondary N) is 2. The molecule has 14 heavy (non-hydrogen) atoms. The van der Waals surface area contributed by atoms with Gasteiger partial charge in [0.15, 0.2) is 0 Å². The van der Waals surface area contributed by atoms with E-state index in [9.17, 15) is 4.79 Å². The highest BCUT2D eigenvalue weighted by atomic mass is 16.1. The van der Waals surface area contributed by atoms with Gasteiger partial charge in [-0.2, -0.15) is 0 Å². The van der Waals surface area contributed by atoms with Crippen molar-refractivity contribution in [2.24, 2.45) is 11.8 Å². The molecule has 1 atom stereocenters. The molecule has 0 radical (unpaired) electrons. The van der Waals surface area contributed by atoms with Crippen molar-refractivity contribution in [1.82, 2.24) is 10.6 Å². The molecule has 1 amide bonds. The fourth-order valence-corrected chi connectivity index (χ4v) is 1.52. The van der Waals surface area contributed by atoms with E-state index in [1.165, 1.54) is 6.42 Å². The van der Waals surface area contributed by atoms with Crippen molar-refractivity contribution in [3.63, 3.8) is 0 Å². The topological polar surface area (TPSA) is 41.1 Å². The average molecular weight is 198 g/mol. The molecule has 1 heterocycles. The standard InChI is InChI=1S/C11H22N2O/c1-8(2)11(14)13-9(3)4-5-10-6-12-7-10/h8-10,12H,4-7H2,1-3H3,(H,13,14). The van der Waals surface area contributed by atoms with Gasteiger partial charge in [0, 0.05) is 12.0 Å². The summed E-state index contributed by atoms with van der Waals surface area (Å²) in [5.41, 5.74) is 0. The molecule has 1 saturated heterocycles. The third-order valence-electron chi connectivity index (χ3n) is 2.79. The Hall–Kier alpha value is -0.570. The molecule has 1 aliphatic rings. The number of carbonyl (C=O) groups excluding carboxylic acids is 1. The fourth-order valence-electron chi connectivity index (χ4n) is 1.52. The first-order valence-electron chi connectivity index (χ1n) is 5.60. The first-order chi connectivity index (χ1) is 6.59. The minimum atomic E-state index is 0.0998. The average Bonchev–Trinajstić information content (AvgIpc) is 2.00. The molecular formula is C11H22N2O. The van der Waals surface area contributed by atoms with Crippen LogP contribution in [0.15, 0.2) is 0 Å². The largest absolute Gasteiger partial charge is 0.353 e. The zero-order valence-corrected chi connectivity index (χ0v) is 9.47. The lowest BCUT2D eigenvalue weighted by Crippen LogP contribution is -2.43. The Labute approximate surface area is 86.6 Å². The highest BCUT2D eigenvalue weighted by Gasteiger charge is 2.18. The lowest BCUT2D eigenvalue weighted by atomic mass is 9.95. The van der Waals surface area contributed by atoms with Crippen LogP contribution in [0.4, 0.5) is 0 Å². The Balaban J connectivity index is 2.08. The molecule has 1 unspecified atom stereocenters. The van der Waals surface area contributed by atoms with Crippen molar-refractivity contribution in [2.45, 2.75) is 39.7 Å². The number of hydrogen-bond acceptors (Lipinski definition) is 2. The van der Waals surface area contributed by atoms with Crippen LogP contribution in [0, 0.1) is 11.8 Å². The fraction of sp³-hybridized carbons (Fsp3) is 0.909. The van der Waals surface area contributed by atoms with Crippen molar-refractivity contribution >= 4 is 5.91 Å². The highest BCUT2D eigenvalue weighted by molar-refractivity contribution is 5.78. The van der Waals surface area contributed by atoms with Crippen LogP contribution in [-0.4, -0.2) is 25.0 Å². The van der Waals surface area contributed by atoms with Crippen molar-refractivity contribution in [3.8, 4) is 0 Å². The van der Waals surface area contributed by atoms with E-state index in [1.807, 2.05) is 13.8 Å². The first-order valence-corrected chi connectivity index (χ1v) is 5.60. The molecule has 0 spiro atoms. The van der Waals surface area contributed by atoms with E-state index in [2.05, 4.69) is 17.6 Å². The van der Waals surface area contributed by atoms with Crippen LogP contribution in [0.5, 0.6) is 0 Å². The predicted octanol–water partition coefficient (Wildman–Crippen LogP) is 1.15. The summed E-state index contributed by atoms with van der Waals surface area (Å²) in [6.45, 7) is 8.26.